The Hall–Kier alpha value is -4.73. The summed E-state index contributed by atoms with van der Waals surface area (Å²) in [5, 5.41) is 7.95. The molecule has 0 bridgehead atoms. The topological polar surface area (TPSA) is 97.0 Å². The smallest absolute Gasteiger partial charge is 0.203 e. The van der Waals surface area contributed by atoms with Gasteiger partial charge in [0.25, 0.3) is 0 Å². The molecule has 0 saturated heterocycles. The highest BCUT2D eigenvalue weighted by Gasteiger charge is 2.15. The number of hydrogen-bond acceptors (Lipinski definition) is 8. The van der Waals surface area contributed by atoms with E-state index in [1.54, 1.807) is 39.3 Å². The number of rotatable bonds is 8. The first-order valence-electron chi connectivity index (χ1n) is 10.7. The predicted octanol–water partition coefficient (Wildman–Crippen LogP) is 4.36. The standard InChI is InChI=1S/C25H24N6O4/c1-32-18-9-7-16(8-10-18)24-28-25(19-6-5-11-31(19)29-24)27-22-14-30(15-26-22)17-12-20(33-2)23(35-4)21(13-17)34-3/h5-15H,1-4H3,(H,27,28,29). The van der Waals surface area contributed by atoms with Gasteiger partial charge in [-0.3, -0.25) is 0 Å². The highest BCUT2D eigenvalue weighted by molar-refractivity contribution is 5.74. The number of nitrogens with one attached hydrogen (secondary N) is 1. The minimum absolute atomic E-state index is 0.528. The third-order valence-electron chi connectivity index (χ3n) is 5.52. The Morgan fingerprint density at radius 3 is 2.26 bits per heavy atom. The number of methoxy groups -OCH3 is 4. The number of hydrogen-bond donors (Lipinski definition) is 1. The van der Waals surface area contributed by atoms with Gasteiger partial charge in [-0.25, -0.2) is 14.5 Å². The van der Waals surface area contributed by atoms with Gasteiger partial charge >= 0.3 is 0 Å². The van der Waals surface area contributed by atoms with Crippen LogP contribution in [0.15, 0.2) is 67.3 Å². The number of nitrogens with zero attached hydrogens (tertiary/aromatic N) is 5. The fraction of sp³-hybridized carbons (Fsp3) is 0.160. The van der Waals surface area contributed by atoms with Crippen molar-refractivity contribution in [2.45, 2.75) is 0 Å². The predicted molar refractivity (Wildman–Crippen MR) is 131 cm³/mol. The molecular weight excluding hydrogens is 448 g/mol. The molecule has 2 aromatic carbocycles. The van der Waals surface area contributed by atoms with Gasteiger partial charge in [-0.2, -0.15) is 0 Å². The van der Waals surface area contributed by atoms with Crippen LogP contribution in [0.2, 0.25) is 0 Å². The van der Waals surface area contributed by atoms with Crippen molar-refractivity contribution in [1.29, 1.82) is 0 Å². The van der Waals surface area contributed by atoms with Crippen LogP contribution in [-0.2, 0) is 0 Å². The highest BCUT2D eigenvalue weighted by Crippen LogP contribution is 2.39. The normalized spacial score (nSPS) is 10.9. The molecule has 0 aliphatic rings. The van der Waals surface area contributed by atoms with Gasteiger partial charge in [-0.15, -0.1) is 5.10 Å². The molecule has 0 saturated carbocycles. The second-order valence-electron chi connectivity index (χ2n) is 7.53. The lowest BCUT2D eigenvalue weighted by molar-refractivity contribution is 0.324. The number of fused-ring (bicyclic) bond motifs is 1. The fourth-order valence-corrected chi connectivity index (χ4v) is 3.76. The molecule has 35 heavy (non-hydrogen) atoms. The van der Waals surface area contributed by atoms with E-state index < -0.39 is 0 Å². The van der Waals surface area contributed by atoms with E-state index in [9.17, 15) is 0 Å². The summed E-state index contributed by atoms with van der Waals surface area (Å²) < 4.78 is 25.2. The number of ether oxygens (including phenoxy) is 4. The van der Waals surface area contributed by atoms with E-state index in [0.29, 0.717) is 34.7 Å². The Balaban J connectivity index is 1.49. The van der Waals surface area contributed by atoms with Crippen LogP contribution in [0.4, 0.5) is 11.6 Å². The van der Waals surface area contributed by atoms with Gasteiger partial charge in [0.2, 0.25) is 5.75 Å². The van der Waals surface area contributed by atoms with Crippen LogP contribution < -0.4 is 24.3 Å². The molecule has 0 atom stereocenters. The molecule has 0 unspecified atom stereocenters. The average Bonchev–Trinajstić information content (AvgIpc) is 3.57. The molecule has 1 N–H and O–H groups in total. The minimum Gasteiger partial charge on any atom is -0.497 e. The second-order valence-corrected chi connectivity index (χ2v) is 7.53. The second kappa shape index (κ2) is 9.26. The molecule has 0 amide bonds. The van der Waals surface area contributed by atoms with Gasteiger partial charge in [0.05, 0.1) is 40.3 Å². The number of benzene rings is 2. The van der Waals surface area contributed by atoms with Crippen LogP contribution >= 0.6 is 0 Å². The summed E-state index contributed by atoms with van der Waals surface area (Å²) in [7, 11) is 6.38. The summed E-state index contributed by atoms with van der Waals surface area (Å²) >= 11 is 0. The minimum atomic E-state index is 0.528. The molecule has 10 heteroatoms. The first kappa shape index (κ1) is 22.1. The number of imidazole rings is 1. The molecule has 10 nitrogen and oxygen atoms in total. The van der Waals surface area contributed by atoms with Crippen LogP contribution in [0.3, 0.4) is 0 Å². The molecule has 5 rings (SSSR count). The van der Waals surface area contributed by atoms with Crippen LogP contribution in [0, 0.1) is 0 Å². The largest absolute Gasteiger partial charge is 0.497 e. The maximum atomic E-state index is 5.47. The van der Waals surface area contributed by atoms with Crippen molar-refractivity contribution in [2.75, 3.05) is 33.8 Å². The molecular formula is C25H24N6O4. The maximum absolute atomic E-state index is 5.47. The van der Waals surface area contributed by atoms with Gasteiger partial charge in [0, 0.05) is 23.9 Å². The van der Waals surface area contributed by atoms with Crippen molar-refractivity contribution >= 4 is 17.2 Å². The Kier molecular flexibility index (Phi) is 5.84. The molecule has 5 aromatic rings. The van der Waals surface area contributed by atoms with Crippen molar-refractivity contribution in [2.24, 2.45) is 0 Å². The van der Waals surface area contributed by atoms with Crippen molar-refractivity contribution in [1.82, 2.24) is 24.1 Å². The first-order valence-corrected chi connectivity index (χ1v) is 10.7. The average molecular weight is 473 g/mol. The quantitative estimate of drug-likeness (QED) is 0.356. The molecule has 0 radical (unpaired) electrons. The van der Waals surface area contributed by atoms with E-state index in [-0.39, 0.29) is 0 Å². The van der Waals surface area contributed by atoms with E-state index >= 15 is 0 Å². The number of aromatic nitrogens is 5. The van der Waals surface area contributed by atoms with Crippen LogP contribution in [0.25, 0.3) is 22.6 Å². The Labute approximate surface area is 201 Å². The summed E-state index contributed by atoms with van der Waals surface area (Å²) in [5.74, 6) is 4.22. The van der Waals surface area contributed by atoms with E-state index in [1.165, 1.54) is 0 Å². The third-order valence-corrected chi connectivity index (χ3v) is 5.52. The summed E-state index contributed by atoms with van der Waals surface area (Å²) in [4.78, 5) is 9.27. The Morgan fingerprint density at radius 2 is 1.60 bits per heavy atom. The highest BCUT2D eigenvalue weighted by atomic mass is 16.5. The van der Waals surface area contributed by atoms with Crippen molar-refractivity contribution in [3.05, 3.63) is 67.3 Å². The first-order chi connectivity index (χ1) is 17.1. The molecule has 3 aromatic heterocycles. The SMILES string of the molecule is COc1ccc(-c2nc(Nc3cn(-c4cc(OC)c(OC)c(OC)c4)cn3)c3cccn3n2)cc1. The van der Waals surface area contributed by atoms with E-state index in [0.717, 1.165) is 22.5 Å². The summed E-state index contributed by atoms with van der Waals surface area (Å²) in [6, 6.07) is 15.2. The lowest BCUT2D eigenvalue weighted by Crippen LogP contribution is -2.03. The lowest BCUT2D eigenvalue weighted by Gasteiger charge is -2.14. The Morgan fingerprint density at radius 1 is 0.857 bits per heavy atom. The maximum Gasteiger partial charge on any atom is 0.203 e. The van der Waals surface area contributed by atoms with Gasteiger partial charge in [-0.1, -0.05) is 0 Å². The van der Waals surface area contributed by atoms with E-state index in [1.807, 2.05) is 65.5 Å². The summed E-state index contributed by atoms with van der Waals surface area (Å²) in [5.41, 5.74) is 2.49. The van der Waals surface area contributed by atoms with Crippen molar-refractivity contribution in [3.8, 4) is 40.1 Å². The molecule has 178 valence electrons. The fourth-order valence-electron chi connectivity index (χ4n) is 3.76. The molecule has 3 heterocycles. The van der Waals surface area contributed by atoms with E-state index in [2.05, 4.69) is 15.4 Å². The zero-order chi connectivity index (χ0) is 24.4. The van der Waals surface area contributed by atoms with Gasteiger partial charge in [-0.05, 0) is 36.4 Å². The lowest BCUT2D eigenvalue weighted by atomic mass is 10.2. The monoisotopic (exact) mass is 472 g/mol. The van der Waals surface area contributed by atoms with Crippen molar-refractivity contribution in [3.63, 3.8) is 0 Å². The van der Waals surface area contributed by atoms with Crippen LogP contribution in [0.1, 0.15) is 0 Å². The number of anilines is 2. The third kappa shape index (κ3) is 4.17. The zero-order valence-electron chi connectivity index (χ0n) is 19.7. The van der Waals surface area contributed by atoms with Crippen molar-refractivity contribution < 1.29 is 18.9 Å². The Bertz CT molecular complexity index is 1450. The summed E-state index contributed by atoms with van der Waals surface area (Å²) in [6.45, 7) is 0. The van der Waals surface area contributed by atoms with E-state index in [4.69, 9.17) is 23.9 Å². The summed E-state index contributed by atoms with van der Waals surface area (Å²) in [6.07, 6.45) is 5.43. The van der Waals surface area contributed by atoms with Crippen LogP contribution in [0.5, 0.6) is 23.0 Å². The zero-order valence-corrected chi connectivity index (χ0v) is 19.7. The molecule has 0 spiro atoms. The molecule has 0 aliphatic carbocycles. The molecule has 0 fully saturated rings. The van der Waals surface area contributed by atoms with Crippen LogP contribution in [-0.4, -0.2) is 52.6 Å². The molecule has 0 aliphatic heterocycles. The van der Waals surface area contributed by atoms with Gasteiger partial charge < -0.3 is 28.8 Å². The van der Waals surface area contributed by atoms with Gasteiger partial charge in [0.1, 0.15) is 23.4 Å². The van der Waals surface area contributed by atoms with Gasteiger partial charge in [0.15, 0.2) is 23.1 Å².